The summed E-state index contributed by atoms with van der Waals surface area (Å²) in [5, 5.41) is 0. The number of nitrogens with two attached hydrogens (primary N) is 1. The number of amides is 2. The Balaban J connectivity index is 2.58. The number of hydrogen-bond acceptors (Lipinski definition) is 3. The molecule has 1 heterocycles. The van der Waals surface area contributed by atoms with Crippen LogP contribution in [0.1, 0.15) is 32.6 Å². The SMILES string of the molecule is CCC(=O)CC(=O)N1CCCC1C(N)=O. The van der Waals surface area contributed by atoms with E-state index in [2.05, 4.69) is 0 Å². The molecule has 15 heavy (non-hydrogen) atoms. The van der Waals surface area contributed by atoms with Gasteiger partial charge in [-0.2, -0.15) is 0 Å². The van der Waals surface area contributed by atoms with Crippen molar-refractivity contribution in [1.29, 1.82) is 0 Å². The zero-order valence-corrected chi connectivity index (χ0v) is 8.86. The first-order valence-corrected chi connectivity index (χ1v) is 5.16. The Morgan fingerprint density at radius 1 is 1.40 bits per heavy atom. The average Bonchev–Trinajstić information content (AvgIpc) is 2.65. The summed E-state index contributed by atoms with van der Waals surface area (Å²) in [6.45, 7) is 2.24. The van der Waals surface area contributed by atoms with Crippen molar-refractivity contribution < 1.29 is 14.4 Å². The third kappa shape index (κ3) is 2.78. The van der Waals surface area contributed by atoms with E-state index in [0.717, 1.165) is 6.42 Å². The summed E-state index contributed by atoms with van der Waals surface area (Å²) in [6, 6.07) is -0.512. The van der Waals surface area contributed by atoms with E-state index in [-0.39, 0.29) is 18.1 Å². The van der Waals surface area contributed by atoms with Gasteiger partial charge in [-0.15, -0.1) is 0 Å². The molecule has 1 saturated heterocycles. The lowest BCUT2D eigenvalue weighted by Gasteiger charge is -2.21. The van der Waals surface area contributed by atoms with Crippen LogP contribution in [-0.4, -0.2) is 35.1 Å². The highest BCUT2D eigenvalue weighted by Gasteiger charge is 2.32. The first-order chi connectivity index (χ1) is 7.06. The second-order valence-corrected chi connectivity index (χ2v) is 3.72. The van der Waals surface area contributed by atoms with E-state index in [9.17, 15) is 14.4 Å². The lowest BCUT2D eigenvalue weighted by Crippen LogP contribution is -2.44. The second kappa shape index (κ2) is 4.91. The molecule has 5 heteroatoms. The van der Waals surface area contributed by atoms with Gasteiger partial charge >= 0.3 is 0 Å². The molecule has 1 atom stereocenters. The normalized spacial score (nSPS) is 20.3. The van der Waals surface area contributed by atoms with Gasteiger partial charge in [-0.3, -0.25) is 14.4 Å². The number of rotatable bonds is 4. The van der Waals surface area contributed by atoms with Crippen LogP contribution in [0.15, 0.2) is 0 Å². The molecule has 1 unspecified atom stereocenters. The Hall–Kier alpha value is -1.39. The molecule has 0 aromatic rings. The standard InChI is InChI=1S/C10H16N2O3/c1-2-7(13)6-9(14)12-5-3-4-8(12)10(11)15/h8H,2-6H2,1H3,(H2,11,15). The molecule has 2 amide bonds. The molecular formula is C10H16N2O3. The highest BCUT2D eigenvalue weighted by atomic mass is 16.2. The molecule has 0 radical (unpaired) electrons. The van der Waals surface area contributed by atoms with Crippen LogP contribution >= 0.6 is 0 Å². The summed E-state index contributed by atoms with van der Waals surface area (Å²) in [4.78, 5) is 35.2. The van der Waals surface area contributed by atoms with Gasteiger partial charge in [0.1, 0.15) is 11.8 Å². The number of hydrogen-bond donors (Lipinski definition) is 1. The predicted octanol–water partition coefficient (Wildman–Crippen LogP) is -0.168. The molecule has 0 aliphatic carbocycles. The molecule has 0 aromatic carbocycles. The van der Waals surface area contributed by atoms with Crippen LogP contribution in [-0.2, 0) is 14.4 Å². The summed E-state index contributed by atoms with van der Waals surface area (Å²) in [6.07, 6.45) is 1.63. The fraction of sp³-hybridized carbons (Fsp3) is 0.700. The van der Waals surface area contributed by atoms with E-state index in [0.29, 0.717) is 19.4 Å². The van der Waals surface area contributed by atoms with Gasteiger partial charge in [0.2, 0.25) is 11.8 Å². The number of primary amides is 1. The van der Waals surface area contributed by atoms with E-state index in [1.54, 1.807) is 6.92 Å². The number of nitrogens with zero attached hydrogens (tertiary/aromatic N) is 1. The molecule has 1 rings (SSSR count). The molecule has 84 valence electrons. The van der Waals surface area contributed by atoms with Crippen LogP contribution in [0.25, 0.3) is 0 Å². The van der Waals surface area contributed by atoms with E-state index < -0.39 is 11.9 Å². The van der Waals surface area contributed by atoms with Gasteiger partial charge in [0.25, 0.3) is 0 Å². The number of carbonyl (C=O) groups is 3. The summed E-state index contributed by atoms with van der Waals surface area (Å²) >= 11 is 0. The molecule has 5 nitrogen and oxygen atoms in total. The zero-order chi connectivity index (χ0) is 11.4. The Morgan fingerprint density at radius 3 is 2.60 bits per heavy atom. The topological polar surface area (TPSA) is 80.5 Å². The summed E-state index contributed by atoms with van der Waals surface area (Å²) in [5.74, 6) is -0.858. The van der Waals surface area contributed by atoms with Crippen molar-refractivity contribution in [3.63, 3.8) is 0 Å². The van der Waals surface area contributed by atoms with Crippen LogP contribution in [0.2, 0.25) is 0 Å². The van der Waals surface area contributed by atoms with Crippen molar-refractivity contribution in [2.45, 2.75) is 38.6 Å². The molecule has 0 aromatic heterocycles. The maximum atomic E-state index is 11.6. The highest BCUT2D eigenvalue weighted by molar-refractivity contribution is 5.99. The average molecular weight is 212 g/mol. The first-order valence-electron chi connectivity index (χ1n) is 5.16. The maximum Gasteiger partial charge on any atom is 0.240 e. The van der Waals surface area contributed by atoms with Crippen LogP contribution in [0.3, 0.4) is 0 Å². The monoisotopic (exact) mass is 212 g/mol. The van der Waals surface area contributed by atoms with Gasteiger partial charge in [0.05, 0.1) is 6.42 Å². The number of likely N-dealkylation sites (tertiary alicyclic amines) is 1. The van der Waals surface area contributed by atoms with E-state index in [1.807, 2.05) is 0 Å². The van der Waals surface area contributed by atoms with Crippen molar-refractivity contribution >= 4 is 17.6 Å². The zero-order valence-electron chi connectivity index (χ0n) is 8.86. The minimum atomic E-state index is -0.512. The molecule has 0 bridgehead atoms. The van der Waals surface area contributed by atoms with Gasteiger partial charge < -0.3 is 10.6 Å². The predicted molar refractivity (Wildman–Crippen MR) is 53.8 cm³/mol. The van der Waals surface area contributed by atoms with E-state index in [4.69, 9.17) is 5.73 Å². The van der Waals surface area contributed by atoms with Crippen molar-refractivity contribution in [3.05, 3.63) is 0 Å². The Labute approximate surface area is 88.6 Å². The van der Waals surface area contributed by atoms with Crippen LogP contribution in [0.4, 0.5) is 0 Å². The number of Topliss-reactive ketones (excluding diaryl/α,β-unsaturated/α-hetero) is 1. The van der Waals surface area contributed by atoms with Crippen LogP contribution in [0, 0.1) is 0 Å². The lowest BCUT2D eigenvalue weighted by atomic mass is 10.2. The summed E-state index contributed by atoms with van der Waals surface area (Å²) in [7, 11) is 0. The van der Waals surface area contributed by atoms with Gasteiger partial charge in [0.15, 0.2) is 0 Å². The molecule has 0 saturated carbocycles. The van der Waals surface area contributed by atoms with Crippen molar-refractivity contribution in [2.75, 3.05) is 6.54 Å². The van der Waals surface area contributed by atoms with Crippen molar-refractivity contribution in [2.24, 2.45) is 5.73 Å². The quantitative estimate of drug-likeness (QED) is 0.657. The van der Waals surface area contributed by atoms with E-state index >= 15 is 0 Å². The van der Waals surface area contributed by atoms with Gasteiger partial charge in [0, 0.05) is 13.0 Å². The Kier molecular flexibility index (Phi) is 3.82. The fourth-order valence-corrected chi connectivity index (χ4v) is 1.76. The lowest BCUT2D eigenvalue weighted by molar-refractivity contribution is -0.140. The van der Waals surface area contributed by atoms with E-state index in [1.165, 1.54) is 4.90 Å². The molecule has 1 aliphatic rings. The first kappa shape index (κ1) is 11.7. The summed E-state index contributed by atoms with van der Waals surface area (Å²) in [5.41, 5.74) is 5.17. The van der Waals surface area contributed by atoms with Crippen LogP contribution < -0.4 is 5.73 Å². The van der Waals surface area contributed by atoms with Gasteiger partial charge in [-0.25, -0.2) is 0 Å². The minimum Gasteiger partial charge on any atom is -0.368 e. The smallest absolute Gasteiger partial charge is 0.240 e. The molecule has 0 spiro atoms. The fourth-order valence-electron chi connectivity index (χ4n) is 1.76. The second-order valence-electron chi connectivity index (χ2n) is 3.72. The highest BCUT2D eigenvalue weighted by Crippen LogP contribution is 2.17. The molecule has 1 aliphatic heterocycles. The van der Waals surface area contributed by atoms with Crippen LogP contribution in [0.5, 0.6) is 0 Å². The Bertz CT molecular complexity index is 288. The third-order valence-corrected chi connectivity index (χ3v) is 2.64. The summed E-state index contributed by atoms with van der Waals surface area (Å²) < 4.78 is 0. The number of carbonyl (C=O) groups excluding carboxylic acids is 3. The number of ketones is 1. The largest absolute Gasteiger partial charge is 0.368 e. The van der Waals surface area contributed by atoms with Gasteiger partial charge in [-0.1, -0.05) is 6.92 Å². The van der Waals surface area contributed by atoms with Crippen molar-refractivity contribution in [3.8, 4) is 0 Å². The third-order valence-electron chi connectivity index (χ3n) is 2.64. The van der Waals surface area contributed by atoms with Crippen molar-refractivity contribution in [1.82, 2.24) is 4.90 Å². The molecular weight excluding hydrogens is 196 g/mol. The Morgan fingerprint density at radius 2 is 2.07 bits per heavy atom. The minimum absolute atomic E-state index is 0.102. The van der Waals surface area contributed by atoms with Gasteiger partial charge in [-0.05, 0) is 12.8 Å². The molecule has 1 fully saturated rings. The maximum absolute atomic E-state index is 11.6. The molecule has 2 N–H and O–H groups in total.